The zero-order valence-corrected chi connectivity index (χ0v) is 11.3. The zero-order chi connectivity index (χ0) is 13.2. The molecular weight excluding hydrogens is 241 g/mol. The number of benzene rings is 1. The third-order valence-corrected chi connectivity index (χ3v) is 4.49. The summed E-state index contributed by atoms with van der Waals surface area (Å²) in [5.41, 5.74) is 0.411. The third-order valence-electron chi connectivity index (χ3n) is 2.77. The number of rotatable bonds is 4. The second-order valence-corrected chi connectivity index (χ2v) is 6.25. The van der Waals surface area contributed by atoms with Crippen LogP contribution in [0.2, 0.25) is 0 Å². The van der Waals surface area contributed by atoms with Gasteiger partial charge < -0.3 is 0 Å². The molecule has 17 heavy (non-hydrogen) atoms. The number of halogens is 1. The van der Waals surface area contributed by atoms with Crippen LogP contribution in [0.1, 0.15) is 26.3 Å². The number of hydrogen-bond donors (Lipinski definition) is 1. The van der Waals surface area contributed by atoms with Crippen LogP contribution in [0, 0.1) is 18.7 Å². The second-order valence-electron chi connectivity index (χ2n) is 4.56. The van der Waals surface area contributed by atoms with Gasteiger partial charge in [-0.1, -0.05) is 13.8 Å². The first-order valence-electron chi connectivity index (χ1n) is 5.52. The summed E-state index contributed by atoms with van der Waals surface area (Å²) in [5.74, 6) is -0.233. The van der Waals surface area contributed by atoms with Crippen molar-refractivity contribution in [3.63, 3.8) is 0 Å². The Bertz CT molecular complexity index is 497. The minimum Gasteiger partial charge on any atom is -0.208 e. The first kappa shape index (κ1) is 14.1. The summed E-state index contributed by atoms with van der Waals surface area (Å²) >= 11 is 0. The van der Waals surface area contributed by atoms with E-state index < -0.39 is 15.8 Å². The van der Waals surface area contributed by atoms with Crippen LogP contribution < -0.4 is 4.72 Å². The van der Waals surface area contributed by atoms with E-state index in [4.69, 9.17) is 0 Å². The molecule has 0 saturated carbocycles. The van der Waals surface area contributed by atoms with Crippen molar-refractivity contribution in [2.24, 2.45) is 5.92 Å². The van der Waals surface area contributed by atoms with Gasteiger partial charge in [0.25, 0.3) is 0 Å². The fourth-order valence-electron chi connectivity index (χ4n) is 1.36. The Morgan fingerprint density at radius 2 is 1.82 bits per heavy atom. The highest BCUT2D eigenvalue weighted by Gasteiger charge is 2.21. The topological polar surface area (TPSA) is 46.2 Å². The molecule has 0 aliphatic heterocycles. The molecule has 0 fully saturated rings. The molecule has 1 rings (SSSR count). The monoisotopic (exact) mass is 259 g/mol. The van der Waals surface area contributed by atoms with Gasteiger partial charge in [0, 0.05) is 6.04 Å². The molecule has 5 heteroatoms. The van der Waals surface area contributed by atoms with Crippen molar-refractivity contribution in [3.8, 4) is 0 Å². The highest BCUT2D eigenvalue weighted by atomic mass is 32.2. The van der Waals surface area contributed by atoms with Gasteiger partial charge in [0.1, 0.15) is 5.82 Å². The van der Waals surface area contributed by atoms with Crippen LogP contribution in [-0.4, -0.2) is 14.5 Å². The lowest BCUT2D eigenvalue weighted by Crippen LogP contribution is -2.36. The summed E-state index contributed by atoms with van der Waals surface area (Å²) in [4.78, 5) is 0.131. The third kappa shape index (κ3) is 3.51. The van der Waals surface area contributed by atoms with E-state index in [9.17, 15) is 12.8 Å². The largest absolute Gasteiger partial charge is 0.241 e. The molecule has 0 spiro atoms. The maximum Gasteiger partial charge on any atom is 0.241 e. The molecule has 96 valence electrons. The first-order valence-corrected chi connectivity index (χ1v) is 7.01. The zero-order valence-electron chi connectivity index (χ0n) is 10.5. The summed E-state index contributed by atoms with van der Waals surface area (Å²) in [6, 6.07) is 3.50. The van der Waals surface area contributed by atoms with Crippen LogP contribution in [0.15, 0.2) is 23.1 Å². The summed E-state index contributed by atoms with van der Waals surface area (Å²) in [5, 5.41) is 0. The highest BCUT2D eigenvalue weighted by molar-refractivity contribution is 7.89. The van der Waals surface area contributed by atoms with Gasteiger partial charge in [-0.25, -0.2) is 17.5 Å². The minimum atomic E-state index is -3.57. The van der Waals surface area contributed by atoms with Crippen LogP contribution in [-0.2, 0) is 10.0 Å². The van der Waals surface area contributed by atoms with Crippen molar-refractivity contribution in [1.29, 1.82) is 0 Å². The maximum absolute atomic E-state index is 12.9. The van der Waals surface area contributed by atoms with Crippen molar-refractivity contribution in [3.05, 3.63) is 29.6 Å². The molecule has 0 aliphatic rings. The molecule has 0 aliphatic carbocycles. The smallest absolute Gasteiger partial charge is 0.208 e. The molecule has 0 aromatic heterocycles. The molecule has 1 aromatic rings. The molecule has 0 amide bonds. The summed E-state index contributed by atoms with van der Waals surface area (Å²) in [6.07, 6.45) is 0. The van der Waals surface area contributed by atoms with Crippen LogP contribution >= 0.6 is 0 Å². The van der Waals surface area contributed by atoms with Gasteiger partial charge in [-0.15, -0.1) is 0 Å². The van der Waals surface area contributed by atoms with Crippen molar-refractivity contribution >= 4 is 10.0 Å². The Labute approximate surface area is 102 Å². The first-order chi connectivity index (χ1) is 7.74. The van der Waals surface area contributed by atoms with E-state index in [0.717, 1.165) is 6.07 Å². The second kappa shape index (κ2) is 5.14. The van der Waals surface area contributed by atoms with Gasteiger partial charge in [-0.05, 0) is 43.5 Å². The van der Waals surface area contributed by atoms with E-state index in [1.54, 1.807) is 13.8 Å². The average molecular weight is 259 g/mol. The van der Waals surface area contributed by atoms with Crippen molar-refractivity contribution in [2.75, 3.05) is 0 Å². The number of sulfonamides is 1. The number of aryl methyl sites for hydroxylation is 1. The molecule has 0 radical (unpaired) electrons. The molecule has 1 unspecified atom stereocenters. The Kier molecular flexibility index (Phi) is 4.27. The Balaban J connectivity index is 3.06. The predicted octanol–water partition coefficient (Wildman–Crippen LogP) is 2.46. The summed E-state index contributed by atoms with van der Waals surface area (Å²) in [6.45, 7) is 7.26. The standard InChI is InChI=1S/C12H18FNO2S/c1-8(2)10(4)14-17(15,16)12-6-5-11(13)7-9(12)3/h5-8,10,14H,1-4H3. The van der Waals surface area contributed by atoms with Crippen LogP contribution in [0.5, 0.6) is 0 Å². The van der Waals surface area contributed by atoms with Crippen molar-refractivity contribution in [1.82, 2.24) is 4.72 Å². The van der Waals surface area contributed by atoms with E-state index in [1.807, 2.05) is 13.8 Å². The van der Waals surface area contributed by atoms with Gasteiger partial charge in [0.15, 0.2) is 0 Å². The SMILES string of the molecule is Cc1cc(F)ccc1S(=O)(=O)NC(C)C(C)C. The Morgan fingerprint density at radius 3 is 2.29 bits per heavy atom. The summed E-state index contributed by atoms with van der Waals surface area (Å²) in [7, 11) is -3.57. The van der Waals surface area contributed by atoms with E-state index in [1.165, 1.54) is 12.1 Å². The lowest BCUT2D eigenvalue weighted by molar-refractivity contribution is 0.476. The van der Waals surface area contributed by atoms with Crippen LogP contribution in [0.3, 0.4) is 0 Å². The van der Waals surface area contributed by atoms with Gasteiger partial charge in [0.05, 0.1) is 4.90 Å². The van der Waals surface area contributed by atoms with E-state index >= 15 is 0 Å². The maximum atomic E-state index is 12.9. The van der Waals surface area contributed by atoms with Crippen molar-refractivity contribution in [2.45, 2.75) is 38.6 Å². The molecule has 1 N–H and O–H groups in total. The number of hydrogen-bond acceptors (Lipinski definition) is 2. The van der Waals surface area contributed by atoms with E-state index in [2.05, 4.69) is 4.72 Å². The lowest BCUT2D eigenvalue weighted by atomic mass is 10.1. The molecule has 1 atom stereocenters. The molecule has 1 aromatic carbocycles. The summed E-state index contributed by atoms with van der Waals surface area (Å²) < 4.78 is 39.6. The quantitative estimate of drug-likeness (QED) is 0.902. The normalized spacial score (nSPS) is 14.0. The molecule has 0 bridgehead atoms. The van der Waals surface area contributed by atoms with E-state index in [-0.39, 0.29) is 16.9 Å². The fourth-order valence-corrected chi connectivity index (χ4v) is 2.98. The van der Waals surface area contributed by atoms with Gasteiger partial charge in [-0.2, -0.15) is 0 Å². The number of nitrogens with one attached hydrogen (secondary N) is 1. The van der Waals surface area contributed by atoms with E-state index in [0.29, 0.717) is 5.56 Å². The van der Waals surface area contributed by atoms with Crippen LogP contribution in [0.4, 0.5) is 4.39 Å². The Hall–Kier alpha value is -0.940. The van der Waals surface area contributed by atoms with Crippen LogP contribution in [0.25, 0.3) is 0 Å². The van der Waals surface area contributed by atoms with Gasteiger partial charge in [-0.3, -0.25) is 0 Å². The molecular formula is C12H18FNO2S. The van der Waals surface area contributed by atoms with Gasteiger partial charge >= 0.3 is 0 Å². The minimum absolute atomic E-state index is 0.131. The Morgan fingerprint density at radius 1 is 1.24 bits per heavy atom. The van der Waals surface area contributed by atoms with Gasteiger partial charge in [0.2, 0.25) is 10.0 Å². The fraction of sp³-hybridized carbons (Fsp3) is 0.500. The molecule has 3 nitrogen and oxygen atoms in total. The molecule has 0 heterocycles. The molecule has 0 saturated heterocycles. The lowest BCUT2D eigenvalue weighted by Gasteiger charge is -2.18. The predicted molar refractivity (Wildman–Crippen MR) is 65.8 cm³/mol. The average Bonchev–Trinajstić information content (AvgIpc) is 2.15. The van der Waals surface area contributed by atoms with Crippen molar-refractivity contribution < 1.29 is 12.8 Å². The highest BCUT2D eigenvalue weighted by Crippen LogP contribution is 2.17.